The molecule has 0 fully saturated rings. The minimum absolute atomic E-state index is 0.489. The van der Waals surface area contributed by atoms with Crippen LogP contribution >= 0.6 is 23.2 Å². The fourth-order valence-electron chi connectivity index (χ4n) is 1.79. The maximum atomic E-state index is 6.25. The summed E-state index contributed by atoms with van der Waals surface area (Å²) in [6.07, 6.45) is 1.74. The average Bonchev–Trinajstić information content (AvgIpc) is 2.34. The molecule has 0 saturated heterocycles. The summed E-state index contributed by atoms with van der Waals surface area (Å²) < 4.78 is 5.39. The molecule has 0 radical (unpaired) electrons. The van der Waals surface area contributed by atoms with Crippen molar-refractivity contribution in [3.63, 3.8) is 0 Å². The van der Waals surface area contributed by atoms with Crippen molar-refractivity contribution in [2.24, 2.45) is 0 Å². The maximum absolute atomic E-state index is 6.25. The molecule has 2 N–H and O–H groups in total. The molecule has 100 valence electrons. The van der Waals surface area contributed by atoms with Crippen LogP contribution in [0.3, 0.4) is 0 Å². The minimum Gasteiger partial charge on any atom is -0.492 e. The lowest BCUT2D eigenvalue weighted by molar-refractivity contribution is 0.340. The summed E-state index contributed by atoms with van der Waals surface area (Å²) in [7, 11) is 0. The lowest BCUT2D eigenvalue weighted by Gasteiger charge is -2.11. The molecule has 0 atom stereocenters. The van der Waals surface area contributed by atoms with Crippen molar-refractivity contribution in [1.29, 1.82) is 0 Å². The molecule has 0 aliphatic heterocycles. The van der Waals surface area contributed by atoms with E-state index in [1.165, 1.54) is 0 Å². The van der Waals surface area contributed by atoms with Gasteiger partial charge in [0.25, 0.3) is 0 Å². The largest absolute Gasteiger partial charge is 0.492 e. The molecular formula is C14H14Cl2N2O. The number of aromatic nitrogens is 1. The van der Waals surface area contributed by atoms with Gasteiger partial charge in [-0.25, -0.2) is 0 Å². The van der Waals surface area contributed by atoms with Crippen LogP contribution in [0.5, 0.6) is 5.75 Å². The molecule has 0 aliphatic rings. The third-order valence-electron chi connectivity index (χ3n) is 2.63. The summed E-state index contributed by atoms with van der Waals surface area (Å²) in [5.41, 5.74) is 8.87. The van der Waals surface area contributed by atoms with E-state index in [1.807, 2.05) is 19.9 Å². The summed E-state index contributed by atoms with van der Waals surface area (Å²) >= 11 is 12.4. The van der Waals surface area contributed by atoms with Crippen molar-refractivity contribution in [2.75, 3.05) is 12.3 Å². The number of hydrogen-bond donors (Lipinski definition) is 1. The smallest absolute Gasteiger partial charge is 0.139 e. The number of ether oxygens (including phenoxy) is 1. The highest BCUT2D eigenvalue weighted by Gasteiger charge is 2.13. The highest BCUT2D eigenvalue weighted by molar-refractivity contribution is 6.36. The Morgan fingerprint density at radius 1 is 1.21 bits per heavy atom. The van der Waals surface area contributed by atoms with E-state index in [-0.39, 0.29) is 0 Å². The van der Waals surface area contributed by atoms with Gasteiger partial charge in [0.15, 0.2) is 0 Å². The summed E-state index contributed by atoms with van der Waals surface area (Å²) in [4.78, 5) is 4.32. The van der Waals surface area contributed by atoms with E-state index in [0.29, 0.717) is 39.3 Å². The van der Waals surface area contributed by atoms with Gasteiger partial charge in [0, 0.05) is 17.8 Å². The van der Waals surface area contributed by atoms with E-state index in [0.717, 1.165) is 5.56 Å². The second kappa shape index (κ2) is 5.68. The lowest BCUT2D eigenvalue weighted by Crippen LogP contribution is -1.97. The molecule has 0 saturated carbocycles. The van der Waals surface area contributed by atoms with Crippen LogP contribution in [0.25, 0.3) is 11.3 Å². The molecule has 5 heteroatoms. The van der Waals surface area contributed by atoms with Gasteiger partial charge < -0.3 is 10.5 Å². The molecule has 1 aromatic heterocycles. The molecule has 0 spiro atoms. The van der Waals surface area contributed by atoms with Crippen LogP contribution in [0.2, 0.25) is 10.0 Å². The second-order valence-corrected chi connectivity index (χ2v) is 4.96. The molecular weight excluding hydrogens is 283 g/mol. The Morgan fingerprint density at radius 2 is 1.95 bits per heavy atom. The first-order valence-corrected chi connectivity index (χ1v) is 6.63. The van der Waals surface area contributed by atoms with Crippen LogP contribution in [0.15, 0.2) is 24.4 Å². The fraction of sp³-hybridized carbons (Fsp3) is 0.214. The summed E-state index contributed by atoms with van der Waals surface area (Å²) in [6, 6.07) is 5.26. The number of halogens is 2. The summed E-state index contributed by atoms with van der Waals surface area (Å²) in [6.45, 7) is 4.35. The number of nitrogens with zero attached hydrogens (tertiary/aromatic N) is 1. The monoisotopic (exact) mass is 296 g/mol. The number of benzene rings is 1. The molecule has 0 bridgehead atoms. The van der Waals surface area contributed by atoms with E-state index >= 15 is 0 Å². The predicted octanol–water partition coefficient (Wildman–Crippen LogP) is 4.34. The lowest BCUT2D eigenvalue weighted by atomic mass is 10.1. The number of anilines is 1. The van der Waals surface area contributed by atoms with Crippen molar-refractivity contribution in [3.05, 3.63) is 40.0 Å². The molecule has 0 aliphatic carbocycles. The van der Waals surface area contributed by atoms with Crippen molar-refractivity contribution in [2.45, 2.75) is 13.8 Å². The van der Waals surface area contributed by atoms with Gasteiger partial charge in [-0.1, -0.05) is 23.2 Å². The minimum atomic E-state index is 0.489. The zero-order chi connectivity index (χ0) is 14.0. The van der Waals surface area contributed by atoms with Crippen LogP contribution in [0, 0.1) is 6.92 Å². The highest BCUT2D eigenvalue weighted by Crippen LogP contribution is 2.37. The van der Waals surface area contributed by atoms with Crippen LogP contribution in [-0.4, -0.2) is 11.6 Å². The number of nitrogen functional groups attached to an aromatic ring is 1. The van der Waals surface area contributed by atoms with Crippen molar-refractivity contribution in [3.8, 4) is 17.0 Å². The molecule has 0 unspecified atom stereocenters. The first-order valence-electron chi connectivity index (χ1n) is 5.87. The van der Waals surface area contributed by atoms with Crippen LogP contribution in [0.4, 0.5) is 5.69 Å². The Morgan fingerprint density at radius 3 is 2.58 bits per heavy atom. The van der Waals surface area contributed by atoms with Gasteiger partial charge in [0.1, 0.15) is 5.75 Å². The van der Waals surface area contributed by atoms with Gasteiger partial charge in [0.05, 0.1) is 28.0 Å². The molecule has 1 aromatic carbocycles. The molecule has 19 heavy (non-hydrogen) atoms. The standard InChI is InChI=1S/C14H14Cl2N2O/c1-3-19-13-6-10(15)9(5-11(13)16)14-12(17)4-8(2)7-18-14/h4-7H,3,17H2,1-2H3. The first kappa shape index (κ1) is 14.0. The number of rotatable bonds is 3. The molecule has 2 aromatic rings. The average molecular weight is 297 g/mol. The van der Waals surface area contributed by atoms with Crippen molar-refractivity contribution < 1.29 is 4.74 Å². The topological polar surface area (TPSA) is 48.1 Å². The Labute approximate surface area is 122 Å². The molecule has 2 rings (SSSR count). The zero-order valence-corrected chi connectivity index (χ0v) is 12.2. The first-order chi connectivity index (χ1) is 9.02. The van der Waals surface area contributed by atoms with Crippen LogP contribution in [-0.2, 0) is 0 Å². The second-order valence-electron chi connectivity index (χ2n) is 4.15. The van der Waals surface area contributed by atoms with Gasteiger partial charge in [-0.2, -0.15) is 0 Å². The van der Waals surface area contributed by atoms with E-state index < -0.39 is 0 Å². The summed E-state index contributed by atoms with van der Waals surface area (Å²) in [5.74, 6) is 0.559. The third-order valence-corrected chi connectivity index (χ3v) is 3.24. The molecule has 1 heterocycles. The number of pyridine rings is 1. The molecule has 3 nitrogen and oxygen atoms in total. The SMILES string of the molecule is CCOc1cc(Cl)c(-c2ncc(C)cc2N)cc1Cl. The predicted molar refractivity (Wildman–Crippen MR) is 80.0 cm³/mol. The van der Waals surface area contributed by atoms with Gasteiger partial charge in [0.2, 0.25) is 0 Å². The maximum Gasteiger partial charge on any atom is 0.139 e. The fourth-order valence-corrected chi connectivity index (χ4v) is 2.25. The Hall–Kier alpha value is -1.45. The zero-order valence-electron chi connectivity index (χ0n) is 10.7. The van der Waals surface area contributed by atoms with Crippen molar-refractivity contribution in [1.82, 2.24) is 4.98 Å². The van der Waals surface area contributed by atoms with E-state index in [9.17, 15) is 0 Å². The van der Waals surface area contributed by atoms with Crippen LogP contribution in [0.1, 0.15) is 12.5 Å². The normalized spacial score (nSPS) is 10.5. The van der Waals surface area contributed by atoms with Crippen molar-refractivity contribution >= 4 is 28.9 Å². The highest BCUT2D eigenvalue weighted by atomic mass is 35.5. The molecule has 0 amide bonds. The quantitative estimate of drug-likeness (QED) is 0.916. The van der Waals surface area contributed by atoms with E-state index in [2.05, 4.69) is 4.98 Å². The third kappa shape index (κ3) is 2.94. The Balaban J connectivity index is 2.53. The van der Waals surface area contributed by atoms with E-state index in [4.69, 9.17) is 33.7 Å². The number of hydrogen-bond acceptors (Lipinski definition) is 3. The Kier molecular flexibility index (Phi) is 4.17. The van der Waals surface area contributed by atoms with Gasteiger partial charge in [-0.05, 0) is 31.5 Å². The number of nitrogens with two attached hydrogens (primary N) is 1. The Bertz CT molecular complexity index is 615. The van der Waals surface area contributed by atoms with E-state index in [1.54, 1.807) is 18.3 Å². The van der Waals surface area contributed by atoms with Gasteiger partial charge in [-0.15, -0.1) is 0 Å². The summed E-state index contributed by atoms with van der Waals surface area (Å²) in [5, 5.41) is 0.999. The van der Waals surface area contributed by atoms with Gasteiger partial charge >= 0.3 is 0 Å². The van der Waals surface area contributed by atoms with Gasteiger partial charge in [-0.3, -0.25) is 4.98 Å². The number of aryl methyl sites for hydroxylation is 1. The van der Waals surface area contributed by atoms with Crippen LogP contribution < -0.4 is 10.5 Å².